The van der Waals surface area contributed by atoms with Crippen LogP contribution >= 0.6 is 0 Å². The summed E-state index contributed by atoms with van der Waals surface area (Å²) < 4.78 is 0. The molecule has 0 saturated carbocycles. The minimum absolute atomic E-state index is 0.403. The average molecular weight is 100 g/mol. The van der Waals surface area contributed by atoms with Crippen LogP contribution in [0.25, 0.3) is 0 Å². The van der Waals surface area contributed by atoms with Gasteiger partial charge in [-0.1, -0.05) is 0 Å². The van der Waals surface area contributed by atoms with Crippen LogP contribution in [0, 0.1) is 0 Å². The topological polar surface area (TPSA) is 38.0 Å². The second kappa shape index (κ2) is 1.80. The molecule has 0 radical (unpaired) electrons. The summed E-state index contributed by atoms with van der Waals surface area (Å²) in [5.74, 6) is 0. The van der Waals surface area contributed by atoms with E-state index < -0.39 is 0 Å². The highest BCUT2D eigenvalue weighted by atomic mass is 15.0. The molecule has 1 aliphatic rings. The summed E-state index contributed by atoms with van der Waals surface area (Å²) in [4.78, 5) is 0. The predicted octanol–water partition coefficient (Wildman–Crippen LogP) is -0.305. The van der Waals surface area contributed by atoms with E-state index in [-0.39, 0.29) is 0 Å². The third kappa shape index (κ3) is 0.924. The molecule has 2 unspecified atom stereocenters. The third-order valence-electron chi connectivity index (χ3n) is 1.59. The number of rotatable bonds is 0. The van der Waals surface area contributed by atoms with Crippen LogP contribution in [-0.2, 0) is 0 Å². The minimum Gasteiger partial charge on any atom is -0.326 e. The molecule has 0 aromatic rings. The van der Waals surface area contributed by atoms with Crippen LogP contribution in [0.2, 0.25) is 0 Å². The molecule has 2 nitrogen and oxygen atoms in total. The summed E-state index contributed by atoms with van der Waals surface area (Å²) in [6.45, 7) is 3.22. The number of nitrogens with one attached hydrogen (secondary N) is 1. The lowest BCUT2D eigenvalue weighted by atomic mass is 10.2. The van der Waals surface area contributed by atoms with Crippen molar-refractivity contribution in [2.24, 2.45) is 5.73 Å². The van der Waals surface area contributed by atoms with E-state index in [1.54, 1.807) is 0 Å². The maximum atomic E-state index is 5.62. The molecule has 0 amide bonds. The van der Waals surface area contributed by atoms with Crippen molar-refractivity contribution in [2.75, 3.05) is 6.54 Å². The van der Waals surface area contributed by atoms with Gasteiger partial charge in [-0.2, -0.15) is 0 Å². The molecule has 1 fully saturated rings. The fourth-order valence-electron chi connectivity index (χ4n) is 0.879. The highest BCUT2D eigenvalue weighted by molar-refractivity contribution is 4.82. The van der Waals surface area contributed by atoms with Crippen LogP contribution in [0.4, 0.5) is 0 Å². The van der Waals surface area contributed by atoms with Gasteiger partial charge in [0.15, 0.2) is 0 Å². The van der Waals surface area contributed by atoms with Gasteiger partial charge in [0.2, 0.25) is 0 Å². The zero-order valence-corrected chi connectivity index (χ0v) is 4.65. The van der Waals surface area contributed by atoms with Crippen molar-refractivity contribution >= 4 is 0 Å². The minimum atomic E-state index is 0.403. The molecule has 1 heterocycles. The first-order chi connectivity index (χ1) is 3.30. The van der Waals surface area contributed by atoms with E-state index in [9.17, 15) is 0 Å². The van der Waals surface area contributed by atoms with Gasteiger partial charge in [0, 0.05) is 12.1 Å². The molecule has 3 N–H and O–H groups in total. The molecule has 1 saturated heterocycles. The van der Waals surface area contributed by atoms with E-state index in [4.69, 9.17) is 5.73 Å². The zero-order chi connectivity index (χ0) is 5.28. The van der Waals surface area contributed by atoms with Gasteiger partial charge in [0.05, 0.1) is 0 Å². The van der Waals surface area contributed by atoms with Gasteiger partial charge in [-0.3, -0.25) is 0 Å². The van der Waals surface area contributed by atoms with Crippen molar-refractivity contribution in [1.29, 1.82) is 0 Å². The van der Waals surface area contributed by atoms with Gasteiger partial charge >= 0.3 is 0 Å². The number of hydrogen-bond donors (Lipinski definition) is 2. The lowest BCUT2D eigenvalue weighted by Gasteiger charge is -2.06. The second-order valence-corrected chi connectivity index (χ2v) is 2.20. The fraction of sp³-hybridized carbons (Fsp3) is 1.00. The van der Waals surface area contributed by atoms with Gasteiger partial charge in [-0.05, 0) is 19.9 Å². The van der Waals surface area contributed by atoms with Crippen LogP contribution in [0.5, 0.6) is 0 Å². The normalized spacial score (nSPS) is 42.0. The number of nitrogens with two attached hydrogens (primary N) is 1. The quantitative estimate of drug-likeness (QED) is 0.438. The molecule has 0 aromatic heterocycles. The molecule has 42 valence electrons. The Hall–Kier alpha value is -0.0800. The van der Waals surface area contributed by atoms with Crippen LogP contribution in [0.1, 0.15) is 13.3 Å². The Morgan fingerprint density at radius 1 is 1.71 bits per heavy atom. The van der Waals surface area contributed by atoms with E-state index in [0.717, 1.165) is 13.0 Å². The van der Waals surface area contributed by atoms with Crippen molar-refractivity contribution in [3.63, 3.8) is 0 Å². The monoisotopic (exact) mass is 100 g/mol. The lowest BCUT2D eigenvalue weighted by molar-refractivity contribution is 0.587. The first-order valence-electron chi connectivity index (χ1n) is 2.79. The van der Waals surface area contributed by atoms with Gasteiger partial charge < -0.3 is 11.1 Å². The Kier molecular flexibility index (Phi) is 1.30. The highest BCUT2D eigenvalue weighted by Crippen LogP contribution is 2.00. The van der Waals surface area contributed by atoms with Crippen LogP contribution in [0.15, 0.2) is 0 Å². The Labute approximate surface area is 44.1 Å². The summed E-state index contributed by atoms with van der Waals surface area (Å²) in [6, 6.07) is 0.944. The largest absolute Gasteiger partial charge is 0.326 e. The molecule has 0 spiro atoms. The van der Waals surface area contributed by atoms with Crippen molar-refractivity contribution in [2.45, 2.75) is 25.4 Å². The maximum absolute atomic E-state index is 5.62. The first-order valence-corrected chi connectivity index (χ1v) is 2.79. The van der Waals surface area contributed by atoms with Gasteiger partial charge in [-0.25, -0.2) is 0 Å². The fourth-order valence-corrected chi connectivity index (χ4v) is 0.879. The molecule has 1 aliphatic heterocycles. The summed E-state index contributed by atoms with van der Waals surface area (Å²) in [5.41, 5.74) is 5.62. The van der Waals surface area contributed by atoms with Crippen molar-refractivity contribution in [3.8, 4) is 0 Å². The molecular weight excluding hydrogens is 88.1 g/mol. The molecule has 0 bridgehead atoms. The summed E-state index contributed by atoms with van der Waals surface area (Å²) in [6.07, 6.45) is 1.14. The lowest BCUT2D eigenvalue weighted by Crippen LogP contribution is -2.32. The Balaban J connectivity index is 2.33. The van der Waals surface area contributed by atoms with Crippen molar-refractivity contribution in [1.82, 2.24) is 5.32 Å². The van der Waals surface area contributed by atoms with E-state index in [2.05, 4.69) is 12.2 Å². The Morgan fingerprint density at radius 2 is 2.43 bits per heavy atom. The van der Waals surface area contributed by atoms with Crippen molar-refractivity contribution < 1.29 is 0 Å². The molecule has 0 aliphatic carbocycles. The summed E-state index contributed by atoms with van der Waals surface area (Å²) in [5, 5.41) is 3.24. The summed E-state index contributed by atoms with van der Waals surface area (Å²) in [7, 11) is 0. The molecule has 1 rings (SSSR count). The SMILES string of the molecule is CC1NCCC1N. The Morgan fingerprint density at radius 3 is 2.57 bits per heavy atom. The molecule has 7 heavy (non-hydrogen) atoms. The van der Waals surface area contributed by atoms with E-state index in [1.807, 2.05) is 0 Å². The molecule has 0 aromatic carbocycles. The molecule has 2 atom stereocenters. The highest BCUT2D eigenvalue weighted by Gasteiger charge is 2.17. The third-order valence-corrected chi connectivity index (χ3v) is 1.59. The Bertz CT molecular complexity index is 55.1. The van der Waals surface area contributed by atoms with Crippen LogP contribution in [-0.4, -0.2) is 18.6 Å². The van der Waals surface area contributed by atoms with Crippen molar-refractivity contribution in [3.05, 3.63) is 0 Å². The first kappa shape index (κ1) is 5.06. The average Bonchev–Trinajstić information content (AvgIpc) is 1.91. The zero-order valence-electron chi connectivity index (χ0n) is 4.65. The van der Waals surface area contributed by atoms with Crippen LogP contribution < -0.4 is 11.1 Å². The van der Waals surface area contributed by atoms with Gasteiger partial charge in [0.25, 0.3) is 0 Å². The van der Waals surface area contributed by atoms with E-state index in [1.165, 1.54) is 0 Å². The summed E-state index contributed by atoms with van der Waals surface area (Å²) >= 11 is 0. The van der Waals surface area contributed by atoms with Crippen LogP contribution in [0.3, 0.4) is 0 Å². The maximum Gasteiger partial charge on any atom is 0.0203 e. The number of hydrogen-bond acceptors (Lipinski definition) is 2. The van der Waals surface area contributed by atoms with Gasteiger partial charge in [0.1, 0.15) is 0 Å². The smallest absolute Gasteiger partial charge is 0.0203 e. The molecular formula is C5H12N2. The van der Waals surface area contributed by atoms with Gasteiger partial charge in [-0.15, -0.1) is 0 Å². The predicted molar refractivity (Wildman–Crippen MR) is 30.1 cm³/mol. The standard InChI is InChI=1S/C5H12N2/c1-4-5(6)2-3-7-4/h4-5,7H,2-3,6H2,1H3. The van der Waals surface area contributed by atoms with E-state index in [0.29, 0.717) is 12.1 Å². The second-order valence-electron chi connectivity index (χ2n) is 2.20. The molecule has 2 heteroatoms. The van der Waals surface area contributed by atoms with E-state index >= 15 is 0 Å².